The van der Waals surface area contributed by atoms with Gasteiger partial charge >= 0.3 is 5.97 Å². The Balaban J connectivity index is 2.88. The van der Waals surface area contributed by atoms with Gasteiger partial charge in [0.05, 0.1) is 17.5 Å². The van der Waals surface area contributed by atoms with Gasteiger partial charge < -0.3 is 5.11 Å². The van der Waals surface area contributed by atoms with Crippen LogP contribution in [-0.4, -0.2) is 34.0 Å². The van der Waals surface area contributed by atoms with Crippen LogP contribution in [0.25, 0.3) is 0 Å². The van der Waals surface area contributed by atoms with Gasteiger partial charge in [-0.3, -0.25) is 19.8 Å². The van der Waals surface area contributed by atoms with E-state index in [4.69, 9.17) is 5.11 Å². The van der Waals surface area contributed by atoms with Crippen LogP contribution in [0.1, 0.15) is 12.5 Å². The standard InChI is InChI=1S/C11H13FN2O4/c1-2-13(7-11(15)16)6-8-3-9(12)5-10(4-8)14(17)18/h3-5H,2,6-7H2,1H3,(H,15,16). The van der Waals surface area contributed by atoms with Crippen LogP contribution in [0, 0.1) is 15.9 Å². The Kier molecular flexibility index (Phi) is 4.73. The van der Waals surface area contributed by atoms with E-state index in [1.165, 1.54) is 6.07 Å². The molecule has 0 saturated heterocycles. The first-order chi connectivity index (χ1) is 8.42. The molecule has 0 saturated carbocycles. The zero-order valence-corrected chi connectivity index (χ0v) is 9.80. The highest BCUT2D eigenvalue weighted by Gasteiger charge is 2.13. The number of rotatable bonds is 6. The van der Waals surface area contributed by atoms with Crippen LogP contribution in [-0.2, 0) is 11.3 Å². The predicted octanol–water partition coefficient (Wildman–Crippen LogP) is 1.64. The molecule has 0 spiro atoms. The van der Waals surface area contributed by atoms with E-state index in [-0.39, 0.29) is 18.8 Å². The number of nitro groups is 1. The van der Waals surface area contributed by atoms with Crippen LogP contribution in [0.2, 0.25) is 0 Å². The SMILES string of the molecule is CCN(CC(=O)O)Cc1cc(F)cc([N+](=O)[O-])c1. The van der Waals surface area contributed by atoms with E-state index in [1.807, 2.05) is 0 Å². The summed E-state index contributed by atoms with van der Waals surface area (Å²) in [4.78, 5) is 22.0. The molecule has 0 bridgehead atoms. The molecule has 0 aromatic heterocycles. The number of nitrogens with zero attached hydrogens (tertiary/aromatic N) is 2. The second-order valence-corrected chi connectivity index (χ2v) is 3.77. The van der Waals surface area contributed by atoms with E-state index >= 15 is 0 Å². The summed E-state index contributed by atoms with van der Waals surface area (Å²) < 4.78 is 13.2. The first kappa shape index (κ1) is 14.0. The Morgan fingerprint density at radius 2 is 2.17 bits per heavy atom. The van der Waals surface area contributed by atoms with Crippen LogP contribution < -0.4 is 0 Å². The fourth-order valence-corrected chi connectivity index (χ4v) is 1.56. The smallest absolute Gasteiger partial charge is 0.317 e. The summed E-state index contributed by atoms with van der Waals surface area (Å²) >= 11 is 0. The minimum atomic E-state index is -0.997. The minimum Gasteiger partial charge on any atom is -0.480 e. The zero-order chi connectivity index (χ0) is 13.7. The van der Waals surface area contributed by atoms with Gasteiger partial charge in [-0.15, -0.1) is 0 Å². The summed E-state index contributed by atoms with van der Waals surface area (Å²) in [6, 6.07) is 3.24. The van der Waals surface area contributed by atoms with Crippen molar-refractivity contribution in [3.05, 3.63) is 39.7 Å². The maximum atomic E-state index is 13.2. The van der Waals surface area contributed by atoms with Crippen molar-refractivity contribution in [3.8, 4) is 0 Å². The van der Waals surface area contributed by atoms with E-state index in [0.717, 1.165) is 12.1 Å². The number of carboxylic acid groups (broad SMARTS) is 1. The van der Waals surface area contributed by atoms with Crippen LogP contribution in [0.5, 0.6) is 0 Å². The normalized spacial score (nSPS) is 10.6. The second-order valence-electron chi connectivity index (χ2n) is 3.77. The van der Waals surface area contributed by atoms with E-state index in [2.05, 4.69) is 0 Å². The first-order valence-corrected chi connectivity index (χ1v) is 5.30. The number of hydrogen-bond acceptors (Lipinski definition) is 4. The quantitative estimate of drug-likeness (QED) is 0.618. The molecule has 0 fully saturated rings. The lowest BCUT2D eigenvalue weighted by atomic mass is 10.2. The van der Waals surface area contributed by atoms with E-state index < -0.39 is 16.7 Å². The maximum Gasteiger partial charge on any atom is 0.317 e. The number of nitro benzene ring substituents is 1. The third-order valence-corrected chi connectivity index (χ3v) is 2.37. The lowest BCUT2D eigenvalue weighted by Gasteiger charge is -2.17. The van der Waals surface area contributed by atoms with Crippen LogP contribution in [0.3, 0.4) is 0 Å². The van der Waals surface area contributed by atoms with Gasteiger partial charge in [-0.1, -0.05) is 6.92 Å². The second kappa shape index (κ2) is 6.06. The number of non-ortho nitro benzene ring substituents is 1. The summed E-state index contributed by atoms with van der Waals surface area (Å²) in [5, 5.41) is 19.2. The third-order valence-electron chi connectivity index (χ3n) is 2.37. The molecular weight excluding hydrogens is 243 g/mol. The molecule has 0 amide bonds. The lowest BCUT2D eigenvalue weighted by Crippen LogP contribution is -2.29. The average Bonchev–Trinajstić information content (AvgIpc) is 2.26. The average molecular weight is 256 g/mol. The van der Waals surface area contributed by atoms with Crippen molar-refractivity contribution in [2.75, 3.05) is 13.1 Å². The van der Waals surface area contributed by atoms with Crippen molar-refractivity contribution in [2.45, 2.75) is 13.5 Å². The number of carboxylic acids is 1. The number of carbonyl (C=O) groups is 1. The Labute approximate surface area is 103 Å². The minimum absolute atomic E-state index is 0.154. The molecule has 0 aliphatic rings. The van der Waals surface area contributed by atoms with E-state index in [1.54, 1.807) is 11.8 Å². The van der Waals surface area contributed by atoms with Crippen LogP contribution >= 0.6 is 0 Å². The molecule has 98 valence electrons. The van der Waals surface area contributed by atoms with E-state index in [0.29, 0.717) is 12.1 Å². The Morgan fingerprint density at radius 3 is 2.67 bits per heavy atom. The topological polar surface area (TPSA) is 83.7 Å². The molecule has 0 radical (unpaired) electrons. The number of hydrogen-bond donors (Lipinski definition) is 1. The van der Waals surface area contributed by atoms with Crippen molar-refractivity contribution in [1.29, 1.82) is 0 Å². The van der Waals surface area contributed by atoms with Gasteiger partial charge in [-0.25, -0.2) is 4.39 Å². The predicted molar refractivity (Wildman–Crippen MR) is 61.6 cm³/mol. The van der Waals surface area contributed by atoms with Gasteiger partial charge in [-0.05, 0) is 18.2 Å². The van der Waals surface area contributed by atoms with Crippen molar-refractivity contribution >= 4 is 11.7 Å². The van der Waals surface area contributed by atoms with Crippen LogP contribution in [0.4, 0.5) is 10.1 Å². The molecule has 0 aliphatic carbocycles. The van der Waals surface area contributed by atoms with Gasteiger partial charge in [0.25, 0.3) is 5.69 Å². The highest BCUT2D eigenvalue weighted by molar-refractivity contribution is 5.69. The van der Waals surface area contributed by atoms with Crippen molar-refractivity contribution in [2.24, 2.45) is 0 Å². The van der Waals surface area contributed by atoms with Crippen molar-refractivity contribution in [3.63, 3.8) is 0 Å². The van der Waals surface area contributed by atoms with Gasteiger partial charge in [0.15, 0.2) is 0 Å². The number of aliphatic carboxylic acids is 1. The fraction of sp³-hybridized carbons (Fsp3) is 0.364. The summed E-state index contributed by atoms with van der Waals surface area (Å²) in [5.41, 5.74) is 0.0428. The van der Waals surface area contributed by atoms with E-state index in [9.17, 15) is 19.3 Å². The molecule has 1 rings (SSSR count). The molecule has 6 nitrogen and oxygen atoms in total. The molecule has 0 aliphatic heterocycles. The summed E-state index contributed by atoms with van der Waals surface area (Å²) in [5.74, 6) is -1.70. The highest BCUT2D eigenvalue weighted by atomic mass is 19.1. The molecule has 1 aromatic carbocycles. The number of benzene rings is 1. The summed E-state index contributed by atoms with van der Waals surface area (Å²) in [6.45, 7) is 2.18. The molecule has 1 aromatic rings. The van der Waals surface area contributed by atoms with Gasteiger partial charge in [-0.2, -0.15) is 0 Å². The van der Waals surface area contributed by atoms with Crippen LogP contribution in [0.15, 0.2) is 18.2 Å². The molecule has 0 atom stereocenters. The maximum absolute atomic E-state index is 13.2. The summed E-state index contributed by atoms with van der Waals surface area (Å²) in [7, 11) is 0. The Morgan fingerprint density at radius 1 is 1.50 bits per heavy atom. The van der Waals surface area contributed by atoms with Gasteiger partial charge in [0.1, 0.15) is 5.82 Å². The van der Waals surface area contributed by atoms with Gasteiger partial charge in [0, 0.05) is 12.6 Å². The Bertz CT molecular complexity index is 464. The highest BCUT2D eigenvalue weighted by Crippen LogP contribution is 2.17. The third kappa shape index (κ3) is 4.10. The lowest BCUT2D eigenvalue weighted by molar-refractivity contribution is -0.385. The summed E-state index contributed by atoms with van der Waals surface area (Å²) in [6.07, 6.45) is 0. The molecular formula is C11H13FN2O4. The molecule has 0 unspecified atom stereocenters. The number of halogens is 1. The molecule has 7 heteroatoms. The number of likely N-dealkylation sites (N-methyl/N-ethyl adjacent to an activating group) is 1. The fourth-order valence-electron chi connectivity index (χ4n) is 1.56. The molecule has 0 heterocycles. The van der Waals surface area contributed by atoms with Crippen molar-refractivity contribution < 1.29 is 19.2 Å². The largest absolute Gasteiger partial charge is 0.480 e. The molecule has 1 N–H and O–H groups in total. The van der Waals surface area contributed by atoms with Crippen molar-refractivity contribution in [1.82, 2.24) is 4.90 Å². The molecule has 18 heavy (non-hydrogen) atoms. The first-order valence-electron chi connectivity index (χ1n) is 5.30. The monoisotopic (exact) mass is 256 g/mol. The zero-order valence-electron chi connectivity index (χ0n) is 9.80. The Hall–Kier alpha value is -2.02. The van der Waals surface area contributed by atoms with Gasteiger partial charge in [0.2, 0.25) is 0 Å².